The number of alkyl halides is 1. The lowest BCUT2D eigenvalue weighted by molar-refractivity contribution is 0.165. The van der Waals surface area contributed by atoms with E-state index in [0.29, 0.717) is 60.5 Å². The number of halogens is 3. The Morgan fingerprint density at radius 3 is 2.60 bits per heavy atom. The summed E-state index contributed by atoms with van der Waals surface area (Å²) in [6.07, 6.45) is 3.83. The number of hydrogen-bond acceptors (Lipinski definition) is 7. The minimum Gasteiger partial charge on any atom is -0.463 e. The Balaban J connectivity index is 1.24. The summed E-state index contributed by atoms with van der Waals surface area (Å²) in [6, 6.07) is 3.71. The maximum absolute atomic E-state index is 17.0. The Kier molecular flexibility index (Phi) is 6.63. The molecule has 238 valence electrons. The fourth-order valence-electron chi connectivity index (χ4n) is 8.04. The van der Waals surface area contributed by atoms with E-state index in [9.17, 15) is 4.39 Å². The molecule has 4 fully saturated rings. The molecule has 8 rings (SSSR count). The second kappa shape index (κ2) is 10.3. The number of nitrogens with one attached hydrogen (secondary N) is 2. The van der Waals surface area contributed by atoms with E-state index in [0.717, 1.165) is 55.4 Å². The number of benzene rings is 2. The zero-order valence-electron chi connectivity index (χ0n) is 26.4. The second-order valence-electron chi connectivity index (χ2n) is 14.4. The van der Waals surface area contributed by atoms with Gasteiger partial charge in [0.25, 0.3) is 0 Å². The topological polar surface area (TPSA) is 82.2 Å². The Morgan fingerprint density at radius 1 is 1.04 bits per heavy atom. The summed E-state index contributed by atoms with van der Waals surface area (Å²) in [5.41, 5.74) is 3.31. The summed E-state index contributed by atoms with van der Waals surface area (Å²) in [7, 11) is 0. The molecule has 0 radical (unpaired) electrons. The number of ether oxygens (including phenoxy) is 1. The Morgan fingerprint density at radius 2 is 1.87 bits per heavy atom. The van der Waals surface area contributed by atoms with Gasteiger partial charge >= 0.3 is 6.01 Å². The molecule has 3 aliphatic heterocycles. The average Bonchev–Trinajstić information content (AvgIpc) is 3.34. The summed E-state index contributed by atoms with van der Waals surface area (Å²) in [4.78, 5) is 13.8. The van der Waals surface area contributed by atoms with Gasteiger partial charge in [-0.1, -0.05) is 0 Å². The van der Waals surface area contributed by atoms with Gasteiger partial charge in [0, 0.05) is 66.1 Å². The molecule has 4 aliphatic rings. The lowest BCUT2D eigenvalue weighted by Gasteiger charge is -2.40. The molecule has 1 saturated carbocycles. The van der Waals surface area contributed by atoms with E-state index in [1.54, 1.807) is 0 Å². The molecule has 2 bridgehead atoms. The molecule has 2 N–H and O–H groups in total. The van der Waals surface area contributed by atoms with Gasteiger partial charge < -0.3 is 15.0 Å². The highest BCUT2D eigenvalue weighted by Gasteiger charge is 2.46. The number of fused-ring (bicyclic) bond motifs is 4. The average molecular weight is 620 g/mol. The molecule has 2 aromatic heterocycles. The lowest BCUT2D eigenvalue weighted by Crippen LogP contribution is -2.58. The van der Waals surface area contributed by atoms with Crippen LogP contribution < -0.4 is 15.0 Å². The summed E-state index contributed by atoms with van der Waals surface area (Å²) < 4.78 is 53.5. The monoisotopic (exact) mass is 619 g/mol. The third kappa shape index (κ3) is 4.93. The van der Waals surface area contributed by atoms with Gasteiger partial charge in [-0.05, 0) is 83.1 Å². The second-order valence-corrected chi connectivity index (χ2v) is 14.4. The lowest BCUT2D eigenvalue weighted by atomic mass is 9.91. The summed E-state index contributed by atoms with van der Waals surface area (Å²) >= 11 is 0. The van der Waals surface area contributed by atoms with Gasteiger partial charge in [-0.2, -0.15) is 15.1 Å². The normalized spacial score (nSPS) is 26.0. The van der Waals surface area contributed by atoms with Gasteiger partial charge in [0.2, 0.25) is 0 Å². The van der Waals surface area contributed by atoms with E-state index in [-0.39, 0.29) is 34.1 Å². The number of rotatable bonds is 7. The predicted octanol–water partition coefficient (Wildman–Crippen LogP) is 5.91. The molecule has 0 unspecified atom stereocenters. The number of aryl methyl sites for hydroxylation is 2. The molecule has 11 heteroatoms. The van der Waals surface area contributed by atoms with Gasteiger partial charge in [-0.15, -0.1) is 0 Å². The molecular weight excluding hydrogens is 579 g/mol. The Hall–Kier alpha value is -3.44. The van der Waals surface area contributed by atoms with E-state index < -0.39 is 17.8 Å². The summed E-state index contributed by atoms with van der Waals surface area (Å²) in [6.45, 7) is 11.5. The van der Waals surface area contributed by atoms with Gasteiger partial charge in [0.1, 0.15) is 23.3 Å². The van der Waals surface area contributed by atoms with Crippen molar-refractivity contribution < 1.29 is 17.9 Å². The fraction of sp³-hybridized carbons (Fsp3) is 0.559. The molecule has 4 aromatic rings. The SMILES string of the molecule is Cc1cc2[nH]nc(C)c2c(-c2c(F)cc3c(N4C[C@H]5CC[C@@](C)(C4)N5)nc(OCC4(CN5CC[C@@H](F)C5)CC4)nc3c2F)c1C. The largest absolute Gasteiger partial charge is 0.463 e. The first-order valence-corrected chi connectivity index (χ1v) is 16.2. The van der Waals surface area contributed by atoms with Crippen molar-refractivity contribution in [3.63, 3.8) is 0 Å². The van der Waals surface area contributed by atoms with Gasteiger partial charge in [0.15, 0.2) is 5.82 Å². The molecule has 0 amide bonds. The van der Waals surface area contributed by atoms with Crippen LogP contribution in [-0.4, -0.2) is 82.1 Å². The van der Waals surface area contributed by atoms with Crippen LogP contribution in [0.4, 0.5) is 19.0 Å². The van der Waals surface area contributed by atoms with Gasteiger partial charge in [-0.3, -0.25) is 10.00 Å². The van der Waals surface area contributed by atoms with Crippen molar-refractivity contribution in [3.8, 4) is 17.1 Å². The highest BCUT2D eigenvalue weighted by atomic mass is 19.1. The number of hydrogen-bond donors (Lipinski definition) is 2. The van der Waals surface area contributed by atoms with Crippen molar-refractivity contribution in [2.45, 2.75) is 77.6 Å². The first kappa shape index (κ1) is 29.0. The molecule has 1 aliphatic carbocycles. The van der Waals surface area contributed by atoms with Crippen molar-refractivity contribution in [3.05, 3.63) is 40.6 Å². The molecule has 0 spiro atoms. The van der Waals surface area contributed by atoms with Crippen LogP contribution >= 0.6 is 0 Å². The van der Waals surface area contributed by atoms with Crippen molar-refractivity contribution in [1.29, 1.82) is 0 Å². The standard InChI is InChI=1S/C34H40F3N7O/c1-18-11-25-27(20(3)41-42-25)26(19(18)2)28-24(36)12-23-30(29(28)37)38-32(39-31(23)44-14-22-5-7-33(4,15-44)40-22)45-17-34(8-9-34)16-43-10-6-21(35)13-43/h11-12,21-22,40H,5-10,13-17H2,1-4H3,(H,41,42)/t21-,22-,33+/m1/s1. The molecule has 5 heterocycles. The molecular formula is C34H40F3N7O. The van der Waals surface area contributed by atoms with Crippen LogP contribution in [0.5, 0.6) is 6.01 Å². The third-order valence-corrected chi connectivity index (χ3v) is 10.8. The highest BCUT2D eigenvalue weighted by molar-refractivity contribution is 6.02. The van der Waals surface area contributed by atoms with Crippen LogP contribution in [0.15, 0.2) is 12.1 Å². The quantitative estimate of drug-likeness (QED) is 0.266. The molecule has 3 saturated heterocycles. The van der Waals surface area contributed by atoms with Crippen LogP contribution in [-0.2, 0) is 0 Å². The van der Waals surface area contributed by atoms with E-state index in [4.69, 9.17) is 9.72 Å². The molecule has 45 heavy (non-hydrogen) atoms. The third-order valence-electron chi connectivity index (χ3n) is 10.8. The number of aromatic nitrogens is 4. The zero-order valence-corrected chi connectivity index (χ0v) is 26.4. The highest BCUT2D eigenvalue weighted by Crippen LogP contribution is 2.47. The van der Waals surface area contributed by atoms with Gasteiger partial charge in [0.05, 0.1) is 23.4 Å². The van der Waals surface area contributed by atoms with Crippen molar-refractivity contribution in [1.82, 2.24) is 30.4 Å². The van der Waals surface area contributed by atoms with Crippen molar-refractivity contribution >= 4 is 27.6 Å². The summed E-state index contributed by atoms with van der Waals surface area (Å²) in [5.74, 6) is -0.896. The van der Waals surface area contributed by atoms with Crippen molar-refractivity contribution in [2.75, 3.05) is 44.2 Å². The summed E-state index contributed by atoms with van der Waals surface area (Å²) in [5, 5.41) is 12.1. The number of piperazine rings is 1. The number of likely N-dealkylation sites (tertiary alicyclic amines) is 1. The number of aromatic amines is 1. The Bertz CT molecular complexity index is 1840. The first-order chi connectivity index (χ1) is 21.5. The van der Waals surface area contributed by atoms with Crippen LogP contribution in [0.2, 0.25) is 0 Å². The van der Waals surface area contributed by atoms with E-state index in [2.05, 4.69) is 37.2 Å². The Labute approximate surface area is 260 Å². The van der Waals surface area contributed by atoms with Crippen LogP contribution in [0.3, 0.4) is 0 Å². The van der Waals surface area contributed by atoms with Crippen molar-refractivity contribution in [2.24, 2.45) is 5.41 Å². The smallest absolute Gasteiger partial charge is 0.319 e. The minimum absolute atomic E-state index is 0.0438. The number of nitrogens with zero attached hydrogens (tertiary/aromatic N) is 5. The number of anilines is 1. The van der Waals surface area contributed by atoms with Crippen LogP contribution in [0.25, 0.3) is 32.9 Å². The van der Waals surface area contributed by atoms with E-state index in [1.807, 2.05) is 26.8 Å². The van der Waals surface area contributed by atoms with Crippen LogP contribution in [0, 0.1) is 37.8 Å². The van der Waals surface area contributed by atoms with Gasteiger partial charge in [-0.25, -0.2) is 13.2 Å². The fourth-order valence-corrected chi connectivity index (χ4v) is 8.04. The molecule has 3 atom stereocenters. The first-order valence-electron chi connectivity index (χ1n) is 16.2. The van der Waals surface area contributed by atoms with E-state index >= 15 is 8.78 Å². The number of H-pyrrole nitrogens is 1. The molecule has 8 nitrogen and oxygen atoms in total. The van der Waals surface area contributed by atoms with E-state index in [1.165, 1.54) is 6.07 Å². The predicted molar refractivity (Wildman–Crippen MR) is 169 cm³/mol. The maximum Gasteiger partial charge on any atom is 0.319 e. The molecule has 2 aromatic carbocycles. The maximum atomic E-state index is 17.0. The zero-order chi connectivity index (χ0) is 31.2. The minimum atomic E-state index is -0.772. The van der Waals surface area contributed by atoms with Crippen LogP contribution in [0.1, 0.15) is 55.8 Å².